The van der Waals surface area contributed by atoms with Gasteiger partial charge in [0.2, 0.25) is 0 Å². The van der Waals surface area contributed by atoms with Crippen LogP contribution in [0.1, 0.15) is 32.0 Å². The fourth-order valence-corrected chi connectivity index (χ4v) is 3.22. The zero-order valence-electron chi connectivity index (χ0n) is 17.6. The minimum atomic E-state index is -0.275. The molecule has 6 heteroatoms. The van der Waals surface area contributed by atoms with Gasteiger partial charge in [-0.05, 0) is 48.4 Å². The Morgan fingerprint density at radius 3 is 2.13 bits per heavy atom. The first-order valence-electron chi connectivity index (χ1n) is 9.89. The minimum absolute atomic E-state index is 0.0797. The predicted molar refractivity (Wildman–Crippen MR) is 122 cm³/mol. The quantitative estimate of drug-likeness (QED) is 0.402. The van der Waals surface area contributed by atoms with Gasteiger partial charge in [-0.1, -0.05) is 50.6 Å². The second-order valence-corrected chi connectivity index (χ2v) is 8.46. The molecular formula is C24H25N5O. The molecule has 6 nitrogen and oxygen atoms in total. The first-order valence-corrected chi connectivity index (χ1v) is 9.89. The number of carbonyl (C=O) groups is 1. The topological polar surface area (TPSA) is 82.7 Å². The van der Waals surface area contributed by atoms with Crippen LogP contribution in [0.15, 0.2) is 60.8 Å². The van der Waals surface area contributed by atoms with E-state index in [1.807, 2.05) is 55.5 Å². The number of aromatic nitrogens is 3. The number of hydrogen-bond donors (Lipinski definition) is 3. The van der Waals surface area contributed by atoms with Gasteiger partial charge in [0.15, 0.2) is 5.65 Å². The third kappa shape index (κ3) is 4.17. The monoisotopic (exact) mass is 399 g/mol. The summed E-state index contributed by atoms with van der Waals surface area (Å²) in [5.74, 6) is 0. The van der Waals surface area contributed by atoms with E-state index in [9.17, 15) is 4.79 Å². The molecule has 0 aliphatic rings. The molecule has 4 aromatic rings. The van der Waals surface area contributed by atoms with Crippen LogP contribution >= 0.6 is 0 Å². The average Bonchev–Trinajstić information content (AvgIpc) is 3.18. The lowest BCUT2D eigenvalue weighted by molar-refractivity contribution is 0.262. The van der Waals surface area contributed by atoms with Gasteiger partial charge in [-0.25, -0.2) is 9.78 Å². The van der Waals surface area contributed by atoms with Crippen LogP contribution in [-0.4, -0.2) is 21.2 Å². The maximum atomic E-state index is 12.3. The van der Waals surface area contributed by atoms with Crippen molar-refractivity contribution in [1.82, 2.24) is 15.2 Å². The van der Waals surface area contributed by atoms with Crippen molar-refractivity contribution in [2.75, 3.05) is 10.6 Å². The Balaban J connectivity index is 1.56. The fourth-order valence-electron chi connectivity index (χ4n) is 3.22. The Morgan fingerprint density at radius 1 is 0.933 bits per heavy atom. The van der Waals surface area contributed by atoms with Crippen molar-refractivity contribution in [3.63, 3.8) is 0 Å². The van der Waals surface area contributed by atoms with Crippen LogP contribution in [0.4, 0.5) is 16.2 Å². The van der Waals surface area contributed by atoms with Gasteiger partial charge in [0.25, 0.3) is 0 Å². The molecule has 0 atom stereocenters. The third-order valence-corrected chi connectivity index (χ3v) is 4.95. The second-order valence-electron chi connectivity index (χ2n) is 8.46. The van der Waals surface area contributed by atoms with E-state index in [1.54, 1.807) is 6.20 Å². The van der Waals surface area contributed by atoms with E-state index in [0.29, 0.717) is 0 Å². The van der Waals surface area contributed by atoms with E-state index < -0.39 is 0 Å². The lowest BCUT2D eigenvalue weighted by Gasteiger charge is -2.19. The number of anilines is 2. The number of urea groups is 1. The largest absolute Gasteiger partial charge is 0.323 e. The molecule has 2 aromatic heterocycles. The van der Waals surface area contributed by atoms with E-state index in [1.165, 1.54) is 0 Å². The van der Waals surface area contributed by atoms with E-state index in [-0.39, 0.29) is 11.4 Å². The molecule has 0 aliphatic carbocycles. The summed E-state index contributed by atoms with van der Waals surface area (Å²) in [6.45, 7) is 8.43. The Hall–Kier alpha value is -3.67. The SMILES string of the molecule is Cc1ccc(NC(=O)Nc2ccc(-c3cc(C(C)(C)C)nc4[nH]ncc34)cc2)cc1. The summed E-state index contributed by atoms with van der Waals surface area (Å²) in [6.07, 6.45) is 1.80. The van der Waals surface area contributed by atoms with E-state index in [4.69, 9.17) is 4.98 Å². The summed E-state index contributed by atoms with van der Waals surface area (Å²) >= 11 is 0. The molecule has 0 fully saturated rings. The molecule has 0 unspecified atom stereocenters. The molecule has 4 rings (SSSR count). The van der Waals surface area contributed by atoms with Gasteiger partial charge in [0.1, 0.15) is 0 Å². The van der Waals surface area contributed by atoms with Gasteiger partial charge < -0.3 is 10.6 Å². The zero-order chi connectivity index (χ0) is 21.3. The van der Waals surface area contributed by atoms with Crippen molar-refractivity contribution in [3.8, 4) is 11.1 Å². The smallest absolute Gasteiger partial charge is 0.308 e. The summed E-state index contributed by atoms with van der Waals surface area (Å²) in [6, 6.07) is 17.3. The van der Waals surface area contributed by atoms with E-state index in [2.05, 4.69) is 47.7 Å². The minimum Gasteiger partial charge on any atom is -0.308 e. The second kappa shape index (κ2) is 7.63. The highest BCUT2D eigenvalue weighted by Gasteiger charge is 2.19. The van der Waals surface area contributed by atoms with Crippen molar-refractivity contribution in [1.29, 1.82) is 0 Å². The van der Waals surface area contributed by atoms with E-state index >= 15 is 0 Å². The molecule has 0 radical (unpaired) electrons. The number of aryl methyl sites for hydroxylation is 1. The highest BCUT2D eigenvalue weighted by atomic mass is 16.2. The van der Waals surface area contributed by atoms with Crippen molar-refractivity contribution in [3.05, 3.63) is 72.1 Å². The van der Waals surface area contributed by atoms with Crippen molar-refractivity contribution in [2.24, 2.45) is 0 Å². The number of aromatic amines is 1. The molecule has 0 aliphatic heterocycles. The maximum absolute atomic E-state index is 12.3. The predicted octanol–water partition coefficient (Wildman–Crippen LogP) is 5.87. The average molecular weight is 399 g/mol. The first-order chi connectivity index (χ1) is 14.3. The summed E-state index contributed by atoms with van der Waals surface area (Å²) in [5, 5.41) is 13.8. The molecule has 0 saturated heterocycles. The van der Waals surface area contributed by atoms with Crippen LogP contribution in [0.5, 0.6) is 0 Å². The zero-order valence-corrected chi connectivity index (χ0v) is 17.6. The van der Waals surface area contributed by atoms with Crippen LogP contribution in [0.2, 0.25) is 0 Å². The van der Waals surface area contributed by atoms with Gasteiger partial charge in [0.05, 0.1) is 6.20 Å². The van der Waals surface area contributed by atoms with Crippen LogP contribution in [0, 0.1) is 6.92 Å². The Labute approximate surface area is 175 Å². The van der Waals surface area contributed by atoms with Crippen LogP contribution < -0.4 is 10.6 Å². The summed E-state index contributed by atoms with van der Waals surface area (Å²) < 4.78 is 0. The molecule has 2 amide bonds. The van der Waals surface area contributed by atoms with Gasteiger partial charge >= 0.3 is 6.03 Å². The van der Waals surface area contributed by atoms with Gasteiger partial charge in [-0.15, -0.1) is 0 Å². The summed E-state index contributed by atoms with van der Waals surface area (Å²) in [4.78, 5) is 17.0. The first kappa shape index (κ1) is 19.6. The number of nitrogens with one attached hydrogen (secondary N) is 3. The molecule has 2 aromatic carbocycles. The molecule has 30 heavy (non-hydrogen) atoms. The summed E-state index contributed by atoms with van der Waals surface area (Å²) in [7, 11) is 0. The molecule has 0 saturated carbocycles. The third-order valence-electron chi connectivity index (χ3n) is 4.95. The Morgan fingerprint density at radius 2 is 1.53 bits per heavy atom. The maximum Gasteiger partial charge on any atom is 0.323 e. The number of pyridine rings is 1. The van der Waals surface area contributed by atoms with Gasteiger partial charge in [0, 0.05) is 27.9 Å². The van der Waals surface area contributed by atoms with Gasteiger partial charge in [-0.2, -0.15) is 5.10 Å². The number of benzene rings is 2. The van der Waals surface area contributed by atoms with Crippen LogP contribution in [0.3, 0.4) is 0 Å². The number of hydrogen-bond acceptors (Lipinski definition) is 3. The number of fused-ring (bicyclic) bond motifs is 1. The highest BCUT2D eigenvalue weighted by molar-refractivity contribution is 6.00. The van der Waals surface area contributed by atoms with Crippen molar-refractivity contribution < 1.29 is 4.79 Å². The molecule has 0 spiro atoms. The van der Waals surface area contributed by atoms with Crippen LogP contribution in [0.25, 0.3) is 22.2 Å². The number of carbonyl (C=O) groups excluding carboxylic acids is 1. The number of amides is 2. The molecular weight excluding hydrogens is 374 g/mol. The molecule has 3 N–H and O–H groups in total. The normalized spacial score (nSPS) is 11.5. The fraction of sp³-hybridized carbons (Fsp3) is 0.208. The Bertz CT molecular complexity index is 1190. The number of rotatable bonds is 3. The van der Waals surface area contributed by atoms with Gasteiger partial charge in [-0.3, -0.25) is 5.10 Å². The number of nitrogens with zero attached hydrogens (tertiary/aromatic N) is 2. The summed E-state index contributed by atoms with van der Waals surface area (Å²) in [5.41, 5.74) is 6.41. The number of H-pyrrole nitrogens is 1. The lowest BCUT2D eigenvalue weighted by Crippen LogP contribution is -2.19. The van der Waals surface area contributed by atoms with E-state index in [0.717, 1.165) is 44.8 Å². The highest BCUT2D eigenvalue weighted by Crippen LogP contribution is 2.32. The molecule has 152 valence electrons. The van der Waals surface area contributed by atoms with Crippen molar-refractivity contribution in [2.45, 2.75) is 33.1 Å². The molecule has 0 bridgehead atoms. The molecule has 2 heterocycles. The Kier molecular flexibility index (Phi) is 4.99. The standard InChI is InChI=1S/C24H25N5O/c1-15-5-9-17(10-6-15)26-23(30)27-18-11-7-16(8-12-18)19-13-21(24(2,3)4)28-22-20(19)14-25-29-22/h5-14H,1-4H3,(H,25,28,29)(H2,26,27,30). The van der Waals surface area contributed by atoms with Crippen LogP contribution in [-0.2, 0) is 5.41 Å². The lowest BCUT2D eigenvalue weighted by atomic mass is 9.89. The van der Waals surface area contributed by atoms with Crippen molar-refractivity contribution >= 4 is 28.4 Å².